The number of H-pyrrole nitrogens is 1. The number of aryl methyl sites for hydroxylation is 1. The lowest BCUT2D eigenvalue weighted by atomic mass is 10.2. The number of aromatic amines is 1. The summed E-state index contributed by atoms with van der Waals surface area (Å²) in [5.74, 6) is 1.40. The minimum absolute atomic E-state index is 0.331. The van der Waals surface area contributed by atoms with Gasteiger partial charge in [-0.3, -0.25) is 5.10 Å². The van der Waals surface area contributed by atoms with Crippen LogP contribution in [0.1, 0.15) is 19.2 Å². The molecule has 0 aliphatic heterocycles. The highest BCUT2D eigenvalue weighted by atomic mass is 32.2. The summed E-state index contributed by atoms with van der Waals surface area (Å²) in [4.78, 5) is 4.29. The quantitative estimate of drug-likeness (QED) is 0.702. The van der Waals surface area contributed by atoms with Crippen LogP contribution in [0.4, 0.5) is 4.39 Å². The van der Waals surface area contributed by atoms with E-state index in [1.165, 1.54) is 17.8 Å². The highest BCUT2D eigenvalue weighted by Gasteiger charge is 2.12. The summed E-state index contributed by atoms with van der Waals surface area (Å²) in [6.45, 7) is 2.84. The normalized spacial score (nSPS) is 11.0. The molecule has 0 spiro atoms. The van der Waals surface area contributed by atoms with E-state index >= 15 is 0 Å². The molecule has 1 aromatic carbocycles. The van der Waals surface area contributed by atoms with E-state index in [0.29, 0.717) is 22.3 Å². The average molecular weight is 319 g/mol. The van der Waals surface area contributed by atoms with Gasteiger partial charge in [0.25, 0.3) is 0 Å². The van der Waals surface area contributed by atoms with Crippen LogP contribution < -0.4 is 0 Å². The van der Waals surface area contributed by atoms with Crippen molar-refractivity contribution in [2.24, 2.45) is 0 Å². The van der Waals surface area contributed by atoms with Crippen molar-refractivity contribution in [1.29, 1.82) is 0 Å². The first-order chi connectivity index (χ1) is 10.8. The fraction of sp³-hybridized carbons (Fsp3) is 0.308. The molecular formula is C13H14FN7S. The predicted molar refractivity (Wildman–Crippen MR) is 79.4 cm³/mol. The van der Waals surface area contributed by atoms with Crippen molar-refractivity contribution in [2.45, 2.75) is 30.8 Å². The number of thioether (sulfide) groups is 1. The molecule has 3 aromatic rings. The van der Waals surface area contributed by atoms with Crippen LogP contribution in [0.15, 0.2) is 29.4 Å². The maximum Gasteiger partial charge on any atom is 0.209 e. The molecule has 22 heavy (non-hydrogen) atoms. The van der Waals surface area contributed by atoms with Crippen LogP contribution in [0.25, 0.3) is 11.4 Å². The van der Waals surface area contributed by atoms with E-state index in [0.717, 1.165) is 18.8 Å². The topological polar surface area (TPSA) is 85.2 Å². The molecule has 0 saturated heterocycles. The first-order valence-electron chi connectivity index (χ1n) is 6.83. The molecule has 0 bridgehead atoms. The largest absolute Gasteiger partial charge is 0.258 e. The van der Waals surface area contributed by atoms with Crippen molar-refractivity contribution < 1.29 is 4.39 Å². The summed E-state index contributed by atoms with van der Waals surface area (Å²) in [7, 11) is 0. The molecule has 114 valence electrons. The van der Waals surface area contributed by atoms with Crippen molar-refractivity contribution in [1.82, 2.24) is 35.4 Å². The third kappa shape index (κ3) is 3.14. The fourth-order valence-corrected chi connectivity index (χ4v) is 2.66. The predicted octanol–water partition coefficient (Wildman–Crippen LogP) is 2.30. The van der Waals surface area contributed by atoms with Crippen LogP contribution >= 0.6 is 11.8 Å². The summed E-state index contributed by atoms with van der Waals surface area (Å²) < 4.78 is 15.5. The Labute approximate surface area is 130 Å². The maximum atomic E-state index is 13.7. The van der Waals surface area contributed by atoms with Crippen molar-refractivity contribution in [3.63, 3.8) is 0 Å². The molecule has 7 nitrogen and oxygen atoms in total. The Bertz CT molecular complexity index is 754. The number of rotatable bonds is 6. The number of hydrogen-bond acceptors (Lipinski definition) is 6. The van der Waals surface area contributed by atoms with E-state index in [1.54, 1.807) is 22.9 Å². The second-order valence-corrected chi connectivity index (χ2v) is 5.50. The van der Waals surface area contributed by atoms with Crippen molar-refractivity contribution >= 4 is 11.8 Å². The van der Waals surface area contributed by atoms with Gasteiger partial charge in [-0.25, -0.2) is 14.1 Å². The second kappa shape index (κ2) is 6.65. The van der Waals surface area contributed by atoms with Crippen LogP contribution in [0.3, 0.4) is 0 Å². The van der Waals surface area contributed by atoms with Gasteiger partial charge in [0.1, 0.15) is 5.82 Å². The van der Waals surface area contributed by atoms with E-state index < -0.39 is 0 Å². The zero-order valence-corrected chi connectivity index (χ0v) is 12.7. The second-order valence-electron chi connectivity index (χ2n) is 4.55. The Morgan fingerprint density at radius 1 is 1.32 bits per heavy atom. The van der Waals surface area contributed by atoms with Gasteiger partial charge in [0, 0.05) is 6.54 Å². The van der Waals surface area contributed by atoms with Gasteiger partial charge in [0.15, 0.2) is 11.6 Å². The number of nitrogens with zero attached hydrogens (tertiary/aromatic N) is 6. The van der Waals surface area contributed by atoms with E-state index in [9.17, 15) is 4.39 Å². The molecule has 0 aliphatic rings. The zero-order chi connectivity index (χ0) is 15.4. The van der Waals surface area contributed by atoms with Crippen LogP contribution in [-0.2, 0) is 12.3 Å². The Morgan fingerprint density at radius 2 is 2.18 bits per heavy atom. The van der Waals surface area contributed by atoms with Gasteiger partial charge in [0.05, 0.1) is 11.3 Å². The number of hydrogen-bond donors (Lipinski definition) is 1. The molecular weight excluding hydrogens is 305 g/mol. The van der Waals surface area contributed by atoms with Gasteiger partial charge in [-0.1, -0.05) is 30.8 Å². The van der Waals surface area contributed by atoms with E-state index in [2.05, 4.69) is 37.6 Å². The summed E-state index contributed by atoms with van der Waals surface area (Å²) in [5.41, 5.74) is 0.401. The van der Waals surface area contributed by atoms with Crippen LogP contribution in [0.5, 0.6) is 0 Å². The average Bonchev–Trinajstić information content (AvgIpc) is 3.15. The van der Waals surface area contributed by atoms with Gasteiger partial charge in [-0.15, -0.1) is 10.2 Å². The Morgan fingerprint density at radius 3 is 3.00 bits per heavy atom. The van der Waals surface area contributed by atoms with Gasteiger partial charge in [-0.2, -0.15) is 0 Å². The molecule has 0 atom stereocenters. The first kappa shape index (κ1) is 14.6. The Hall–Kier alpha value is -2.29. The molecule has 1 N–H and O–H groups in total. The third-order valence-electron chi connectivity index (χ3n) is 2.97. The number of halogens is 1. The smallest absolute Gasteiger partial charge is 0.209 e. The molecule has 9 heteroatoms. The number of nitrogens with one attached hydrogen (secondary N) is 1. The Balaban J connectivity index is 1.70. The maximum absolute atomic E-state index is 13.7. The summed E-state index contributed by atoms with van der Waals surface area (Å²) in [6.07, 6.45) is 0.959. The lowest BCUT2D eigenvalue weighted by molar-refractivity contribution is 0.564. The minimum atomic E-state index is -0.331. The SMILES string of the molecule is CCCn1nnnc1CSc1n[nH]c(-c2ccccc2F)n1. The lowest BCUT2D eigenvalue weighted by Gasteiger charge is -2.00. The van der Waals surface area contributed by atoms with Gasteiger partial charge < -0.3 is 0 Å². The van der Waals surface area contributed by atoms with Crippen molar-refractivity contribution in [2.75, 3.05) is 0 Å². The molecule has 0 amide bonds. The van der Waals surface area contributed by atoms with Crippen LogP contribution in [-0.4, -0.2) is 35.4 Å². The summed E-state index contributed by atoms with van der Waals surface area (Å²) in [5, 5.41) is 19.0. The van der Waals surface area contributed by atoms with E-state index in [-0.39, 0.29) is 5.82 Å². The van der Waals surface area contributed by atoms with E-state index in [4.69, 9.17) is 0 Å². The highest BCUT2D eigenvalue weighted by molar-refractivity contribution is 7.98. The van der Waals surface area contributed by atoms with Gasteiger partial charge in [-0.05, 0) is 29.0 Å². The fourth-order valence-electron chi connectivity index (χ4n) is 1.93. The number of tetrazole rings is 1. The standard InChI is InChI=1S/C13H14FN7S/c1-2-7-21-11(16-19-20-21)8-22-13-15-12(17-18-13)9-5-3-4-6-10(9)14/h3-6H,2,7-8H2,1H3,(H,15,17,18). The van der Waals surface area contributed by atoms with Crippen molar-refractivity contribution in [3.05, 3.63) is 35.9 Å². The molecule has 0 unspecified atom stereocenters. The van der Waals surface area contributed by atoms with Gasteiger partial charge in [0.2, 0.25) is 5.16 Å². The van der Waals surface area contributed by atoms with Gasteiger partial charge >= 0.3 is 0 Å². The van der Waals surface area contributed by atoms with E-state index in [1.807, 2.05) is 0 Å². The van der Waals surface area contributed by atoms with Crippen LogP contribution in [0, 0.1) is 5.82 Å². The number of aromatic nitrogens is 7. The first-order valence-corrected chi connectivity index (χ1v) is 7.81. The molecule has 2 aromatic heterocycles. The molecule has 2 heterocycles. The lowest BCUT2D eigenvalue weighted by Crippen LogP contribution is -2.04. The number of benzene rings is 1. The molecule has 0 fully saturated rings. The minimum Gasteiger partial charge on any atom is -0.258 e. The third-order valence-corrected chi connectivity index (χ3v) is 3.81. The Kier molecular flexibility index (Phi) is 4.42. The molecule has 0 radical (unpaired) electrons. The molecule has 3 rings (SSSR count). The molecule has 0 aliphatic carbocycles. The van der Waals surface area contributed by atoms with Crippen molar-refractivity contribution in [3.8, 4) is 11.4 Å². The summed E-state index contributed by atoms with van der Waals surface area (Å²) in [6, 6.07) is 6.45. The monoisotopic (exact) mass is 319 g/mol. The summed E-state index contributed by atoms with van der Waals surface area (Å²) >= 11 is 1.40. The van der Waals surface area contributed by atoms with Crippen LogP contribution in [0.2, 0.25) is 0 Å². The zero-order valence-electron chi connectivity index (χ0n) is 11.9. The molecule has 0 saturated carbocycles. The highest BCUT2D eigenvalue weighted by Crippen LogP contribution is 2.23.